The van der Waals surface area contributed by atoms with E-state index in [9.17, 15) is 32.7 Å². The molecule has 1 heterocycles. The molecule has 1 saturated carbocycles. The first kappa shape index (κ1) is 31.9. The fourth-order valence-corrected chi connectivity index (χ4v) is 6.89. The van der Waals surface area contributed by atoms with E-state index in [1.54, 1.807) is 28.0 Å². The highest BCUT2D eigenvalue weighted by Gasteiger charge is 2.37. The first-order valence-corrected chi connectivity index (χ1v) is 16.4. The molecule has 2 atom stereocenters. The lowest BCUT2D eigenvalue weighted by molar-refractivity contribution is -0.135. The fourth-order valence-electron chi connectivity index (χ4n) is 5.66. The largest absolute Gasteiger partial charge is 0.502 e. The summed E-state index contributed by atoms with van der Waals surface area (Å²) in [5, 5.41) is 24.0. The first-order valence-electron chi connectivity index (χ1n) is 14.9. The average Bonchev–Trinajstić information content (AvgIpc) is 3.88. The van der Waals surface area contributed by atoms with Gasteiger partial charge in [-0.15, -0.1) is 0 Å². The predicted molar refractivity (Wildman–Crippen MR) is 168 cm³/mol. The van der Waals surface area contributed by atoms with Gasteiger partial charge in [0.2, 0.25) is 21.8 Å². The Morgan fingerprint density at radius 3 is 2.49 bits per heavy atom. The maximum absolute atomic E-state index is 13.7. The summed E-state index contributed by atoms with van der Waals surface area (Å²) in [5.74, 6) is -1.74. The van der Waals surface area contributed by atoms with Crippen LogP contribution >= 0.6 is 0 Å². The maximum atomic E-state index is 13.7. The molecule has 0 spiro atoms. The summed E-state index contributed by atoms with van der Waals surface area (Å²) in [7, 11) is -4.24. The number of anilines is 1. The van der Waals surface area contributed by atoms with E-state index < -0.39 is 45.0 Å². The molecular weight excluding hydrogens is 602 g/mol. The van der Waals surface area contributed by atoms with Crippen molar-refractivity contribution in [1.82, 2.24) is 19.8 Å². The van der Waals surface area contributed by atoms with Gasteiger partial charge in [0, 0.05) is 38.8 Å². The van der Waals surface area contributed by atoms with E-state index in [1.165, 1.54) is 12.1 Å². The second-order valence-electron chi connectivity index (χ2n) is 11.6. The molecule has 0 aromatic heterocycles. The second-order valence-corrected chi connectivity index (χ2v) is 13.3. The zero-order valence-corrected chi connectivity index (χ0v) is 25.4. The topological polar surface area (TPSA) is 215 Å². The van der Waals surface area contributed by atoms with Crippen molar-refractivity contribution in [1.29, 1.82) is 5.41 Å². The number of rotatable bonds is 13. The molecule has 1 saturated heterocycles. The number of hydrogen-bond donors (Lipinski definition) is 6. The van der Waals surface area contributed by atoms with Gasteiger partial charge in [-0.05, 0) is 54.5 Å². The SMILES string of the molecule is N=C(N)N1CCC[C@H](CN(C(=O)C[C@H](NS(=O)(=O)c2ccc3ccccc3c2)C(=O)NCCNc2c(O)c(=O)c2=O)C2CC2)C1. The number of carbonyl (C=O) groups is 2. The zero-order chi connectivity index (χ0) is 32.3. The molecule has 14 nitrogen and oxygen atoms in total. The van der Waals surface area contributed by atoms with Gasteiger partial charge in [-0.25, -0.2) is 8.42 Å². The zero-order valence-electron chi connectivity index (χ0n) is 24.6. The van der Waals surface area contributed by atoms with Crippen LogP contribution in [0.25, 0.3) is 10.8 Å². The van der Waals surface area contributed by atoms with Crippen molar-refractivity contribution >= 4 is 44.3 Å². The second kappa shape index (κ2) is 13.2. The van der Waals surface area contributed by atoms with E-state index in [0.717, 1.165) is 31.1 Å². The number of nitrogens with zero attached hydrogens (tertiary/aromatic N) is 2. The Labute approximate surface area is 259 Å². The molecule has 2 fully saturated rings. The number of fused-ring (bicyclic) bond motifs is 1. The number of nitrogens with one attached hydrogen (secondary N) is 4. The highest BCUT2D eigenvalue weighted by Crippen LogP contribution is 2.30. The van der Waals surface area contributed by atoms with Crippen molar-refractivity contribution in [2.45, 2.75) is 49.1 Å². The lowest BCUT2D eigenvalue weighted by Crippen LogP contribution is -2.51. The molecular formula is C30H37N7O7S. The summed E-state index contributed by atoms with van der Waals surface area (Å²) in [6.07, 6.45) is 2.88. The van der Waals surface area contributed by atoms with Gasteiger partial charge in [0.05, 0.1) is 11.3 Å². The monoisotopic (exact) mass is 639 g/mol. The van der Waals surface area contributed by atoms with E-state index >= 15 is 0 Å². The smallest absolute Gasteiger partial charge is 0.271 e. The van der Waals surface area contributed by atoms with Crippen LogP contribution < -0.4 is 31.9 Å². The van der Waals surface area contributed by atoms with Crippen LogP contribution in [0.4, 0.5) is 5.69 Å². The molecule has 5 rings (SSSR count). The van der Waals surface area contributed by atoms with Crippen molar-refractivity contribution in [3.8, 4) is 5.75 Å². The van der Waals surface area contributed by atoms with Gasteiger partial charge in [0.1, 0.15) is 11.7 Å². The Morgan fingerprint density at radius 1 is 1.07 bits per heavy atom. The maximum Gasteiger partial charge on any atom is 0.271 e. The quantitative estimate of drug-likeness (QED) is 0.0637. The normalized spacial score (nSPS) is 17.6. The minimum absolute atomic E-state index is 0.00103. The van der Waals surface area contributed by atoms with Gasteiger partial charge in [-0.3, -0.25) is 24.6 Å². The lowest BCUT2D eigenvalue weighted by Gasteiger charge is -2.36. The number of piperidine rings is 1. The average molecular weight is 640 g/mol. The van der Waals surface area contributed by atoms with Crippen LogP contribution in [-0.2, 0) is 19.6 Å². The summed E-state index contributed by atoms with van der Waals surface area (Å²) in [6, 6.07) is 10.4. The van der Waals surface area contributed by atoms with Crippen molar-refractivity contribution in [2.24, 2.45) is 11.7 Å². The Balaban J connectivity index is 1.30. The first-order chi connectivity index (χ1) is 21.4. The number of sulfonamides is 1. The number of aromatic hydroxyl groups is 1. The van der Waals surface area contributed by atoms with Crippen molar-refractivity contribution < 1.29 is 23.1 Å². The van der Waals surface area contributed by atoms with Gasteiger partial charge in [-0.2, -0.15) is 4.72 Å². The minimum atomic E-state index is -4.24. The van der Waals surface area contributed by atoms with Gasteiger partial charge in [0.15, 0.2) is 11.7 Å². The minimum Gasteiger partial charge on any atom is -0.502 e. The molecule has 0 radical (unpaired) electrons. The summed E-state index contributed by atoms with van der Waals surface area (Å²) in [4.78, 5) is 53.3. The van der Waals surface area contributed by atoms with Crippen LogP contribution in [0, 0.1) is 11.3 Å². The molecule has 0 bridgehead atoms. The lowest BCUT2D eigenvalue weighted by atomic mass is 9.97. The number of hydrogen-bond acceptors (Lipinski definition) is 9. The summed E-state index contributed by atoms with van der Waals surface area (Å²) < 4.78 is 29.4. The van der Waals surface area contributed by atoms with Crippen molar-refractivity contribution in [3.63, 3.8) is 0 Å². The summed E-state index contributed by atoms with van der Waals surface area (Å²) >= 11 is 0. The molecule has 15 heteroatoms. The van der Waals surface area contributed by atoms with E-state index in [0.29, 0.717) is 25.0 Å². The van der Waals surface area contributed by atoms with Gasteiger partial charge in [-0.1, -0.05) is 30.3 Å². The molecule has 1 aliphatic carbocycles. The van der Waals surface area contributed by atoms with Gasteiger partial charge in [0.25, 0.3) is 10.9 Å². The molecule has 3 aromatic rings. The number of guanidine groups is 1. The molecule has 2 amide bonds. The van der Waals surface area contributed by atoms with Crippen LogP contribution in [0.1, 0.15) is 32.1 Å². The molecule has 3 aromatic carbocycles. The number of benzene rings is 2. The Bertz CT molecular complexity index is 1780. The number of amides is 2. The van der Waals surface area contributed by atoms with Crippen molar-refractivity contribution in [2.75, 3.05) is 38.0 Å². The molecule has 45 heavy (non-hydrogen) atoms. The third-order valence-corrected chi connectivity index (χ3v) is 9.73. The van der Waals surface area contributed by atoms with E-state index in [-0.39, 0.29) is 47.5 Å². The third kappa shape index (κ3) is 7.42. The van der Waals surface area contributed by atoms with E-state index in [2.05, 4.69) is 15.4 Å². The Hall–Kier alpha value is -4.50. The molecule has 240 valence electrons. The van der Waals surface area contributed by atoms with Crippen LogP contribution in [0.2, 0.25) is 0 Å². The Kier molecular flexibility index (Phi) is 9.39. The predicted octanol–water partition coefficient (Wildman–Crippen LogP) is 0.00317. The van der Waals surface area contributed by atoms with Crippen molar-refractivity contribution in [3.05, 3.63) is 62.9 Å². The molecule has 1 aliphatic heterocycles. The van der Waals surface area contributed by atoms with Gasteiger partial charge >= 0.3 is 0 Å². The molecule has 2 aliphatic rings. The van der Waals surface area contributed by atoms with Crippen LogP contribution in [-0.4, -0.2) is 85.9 Å². The highest BCUT2D eigenvalue weighted by molar-refractivity contribution is 7.89. The van der Waals surface area contributed by atoms with Crippen LogP contribution in [0.3, 0.4) is 0 Å². The molecule has 7 N–H and O–H groups in total. The standard InChI is InChI=1S/C30H37N7O7S/c31-30(32)36-13-3-4-18(16-36)17-37(21-8-9-21)24(38)15-23(29(42)34-12-11-33-25-26(39)28(41)27(25)40)35-45(43,44)22-10-7-19-5-1-2-6-20(19)14-22/h1-2,5-7,10,14,18,21,23,33,35,39H,3-4,8-9,11-13,15-17H2,(H3,31,32)(H,34,42)/t18-,23-/m0/s1. The number of likely N-dealkylation sites (tertiary alicyclic amines) is 1. The van der Waals surface area contributed by atoms with Gasteiger partial charge < -0.3 is 31.3 Å². The Morgan fingerprint density at radius 2 is 1.80 bits per heavy atom. The van der Waals surface area contributed by atoms with Crippen LogP contribution in [0.5, 0.6) is 5.75 Å². The third-order valence-electron chi connectivity index (χ3n) is 8.26. The van der Waals surface area contributed by atoms with E-state index in [1.807, 2.05) is 12.1 Å². The number of nitrogens with two attached hydrogens (primary N) is 1. The van der Waals surface area contributed by atoms with Crippen LogP contribution in [0.15, 0.2) is 56.9 Å². The van der Waals surface area contributed by atoms with E-state index in [4.69, 9.17) is 11.1 Å². The highest BCUT2D eigenvalue weighted by atomic mass is 32.2. The summed E-state index contributed by atoms with van der Waals surface area (Å²) in [6.45, 7) is 1.50. The number of carbonyl (C=O) groups excluding carboxylic acids is 2. The molecule has 0 unspecified atom stereocenters. The summed E-state index contributed by atoms with van der Waals surface area (Å²) in [5.41, 5.74) is 3.59. The fraction of sp³-hybridized carbons (Fsp3) is 0.433.